The van der Waals surface area contributed by atoms with E-state index < -0.39 is 8.15 Å². The van der Waals surface area contributed by atoms with Gasteiger partial charge in [-0.3, -0.25) is 9.20 Å². The van der Waals surface area contributed by atoms with E-state index in [2.05, 4.69) is 72.8 Å². The molecule has 0 amide bonds. The average Bonchev–Trinajstić information content (AvgIpc) is 3.03. The molecule has 6 heteroatoms. The van der Waals surface area contributed by atoms with Gasteiger partial charge in [0, 0.05) is 10.6 Å². The molecule has 194 valence electrons. The fourth-order valence-corrected chi connectivity index (χ4v) is 7.59. The quantitative estimate of drug-likeness (QED) is 0.134. The van der Waals surface area contributed by atoms with Crippen LogP contribution in [0, 0.1) is 0 Å². The zero-order valence-corrected chi connectivity index (χ0v) is 22.7. The van der Waals surface area contributed by atoms with Crippen LogP contribution in [-0.4, -0.2) is 14.4 Å². The molecule has 2 aromatic heterocycles. The molecule has 2 heterocycles. The second kappa shape index (κ2) is 9.51. The topological polar surface area (TPSA) is 56.5 Å². The molecule has 0 saturated heterocycles. The Morgan fingerprint density at radius 3 is 1.76 bits per heavy atom. The van der Waals surface area contributed by atoms with Gasteiger partial charge in [-0.1, -0.05) is 109 Å². The molecule has 0 aliphatic heterocycles. The lowest BCUT2D eigenvalue weighted by molar-refractivity contribution is 0.606. The normalized spacial score (nSPS) is 11.7. The molecule has 0 atom stereocenters. The molecule has 0 aliphatic carbocycles. The van der Waals surface area contributed by atoms with Crippen molar-refractivity contribution in [1.29, 1.82) is 0 Å². The summed E-state index contributed by atoms with van der Waals surface area (Å²) in [6.07, 6.45) is 0. The van der Waals surface area contributed by atoms with Gasteiger partial charge in [0.1, 0.15) is 0 Å². The summed E-state index contributed by atoms with van der Waals surface area (Å²) < 4.78 is 8.70. The third kappa shape index (κ3) is 3.86. The van der Waals surface area contributed by atoms with E-state index in [4.69, 9.17) is 14.5 Å². The van der Waals surface area contributed by atoms with Crippen LogP contribution in [0.5, 0.6) is 5.88 Å². The van der Waals surface area contributed by atoms with Crippen LogP contribution in [0.15, 0.2) is 138 Å². The average molecular weight is 548 g/mol. The van der Waals surface area contributed by atoms with Crippen molar-refractivity contribution in [2.75, 3.05) is 0 Å². The second-order valence-corrected chi connectivity index (χ2v) is 11.6. The molecule has 0 N–H and O–H groups in total. The van der Waals surface area contributed by atoms with Gasteiger partial charge in [0.2, 0.25) is 5.65 Å². The van der Waals surface area contributed by atoms with E-state index in [9.17, 15) is 4.79 Å². The molecule has 0 radical (unpaired) electrons. The third-order valence-electron chi connectivity index (χ3n) is 7.46. The second-order valence-electron chi connectivity index (χ2n) is 9.88. The van der Waals surface area contributed by atoms with Crippen LogP contribution in [0.3, 0.4) is 0 Å². The number of fused-ring (bicyclic) bond motifs is 6. The Bertz CT molecular complexity index is 2260. The summed E-state index contributed by atoms with van der Waals surface area (Å²) in [7, 11) is -1.43. The van der Waals surface area contributed by atoms with Gasteiger partial charge in [-0.15, -0.1) is 0 Å². The van der Waals surface area contributed by atoms with E-state index in [1.54, 1.807) is 4.40 Å². The van der Waals surface area contributed by atoms with Gasteiger partial charge >= 0.3 is 0 Å². The Balaban J connectivity index is 1.46. The summed E-state index contributed by atoms with van der Waals surface area (Å²) in [5.41, 5.74) is 2.23. The van der Waals surface area contributed by atoms with Crippen LogP contribution in [0.2, 0.25) is 0 Å². The molecule has 5 nitrogen and oxygen atoms in total. The number of hydrogen-bond acceptors (Lipinski definition) is 4. The molecule has 0 fully saturated rings. The van der Waals surface area contributed by atoms with Crippen molar-refractivity contribution in [2.45, 2.75) is 0 Å². The highest BCUT2D eigenvalue weighted by atomic mass is 31.1. The first-order valence-electron chi connectivity index (χ1n) is 13.4. The molecule has 6 aromatic carbocycles. The zero-order valence-electron chi connectivity index (χ0n) is 21.8. The smallest absolute Gasteiger partial charge is 0.266 e. The maximum Gasteiger partial charge on any atom is 0.266 e. The van der Waals surface area contributed by atoms with E-state index in [0.717, 1.165) is 32.2 Å². The Morgan fingerprint density at radius 2 is 1.07 bits per heavy atom. The van der Waals surface area contributed by atoms with Gasteiger partial charge < -0.3 is 4.52 Å². The van der Waals surface area contributed by atoms with E-state index in [0.29, 0.717) is 33.5 Å². The van der Waals surface area contributed by atoms with Crippen LogP contribution in [0.25, 0.3) is 49.1 Å². The van der Waals surface area contributed by atoms with Crippen molar-refractivity contribution in [2.24, 2.45) is 0 Å². The fourth-order valence-electron chi connectivity index (χ4n) is 5.55. The standard InChI is InChI=1S/C35H22N3O2P/c39-35-27-17-5-6-18-28(27)36-33-34(37-29-19-7-8-20-30(29)38(33)35)40-41(31-21-9-13-23-11-1-3-15-25(23)31)32-22-10-14-24-12-2-4-16-26(24)32/h1-22H. The van der Waals surface area contributed by atoms with Crippen molar-refractivity contribution < 1.29 is 4.52 Å². The first kappa shape index (κ1) is 23.7. The first-order chi connectivity index (χ1) is 20.3. The maximum atomic E-state index is 13.9. The predicted octanol–water partition coefficient (Wildman–Crippen LogP) is 7.13. The number of benzene rings is 6. The largest absolute Gasteiger partial charge is 0.444 e. The molecule has 41 heavy (non-hydrogen) atoms. The Labute approximate surface area is 236 Å². The highest BCUT2D eigenvalue weighted by Gasteiger charge is 2.25. The van der Waals surface area contributed by atoms with Crippen LogP contribution in [0.4, 0.5) is 0 Å². The summed E-state index contributed by atoms with van der Waals surface area (Å²) >= 11 is 0. The van der Waals surface area contributed by atoms with Gasteiger partial charge in [-0.05, 0) is 45.8 Å². The summed E-state index contributed by atoms with van der Waals surface area (Å²) in [5.74, 6) is 0.332. The SMILES string of the molecule is O=c1c2ccccc2nc2c(OP(c3cccc4ccccc34)c3cccc4ccccc34)nc3ccccc3n12. The fraction of sp³-hybridized carbons (Fsp3) is 0. The molecule has 0 saturated carbocycles. The van der Waals surface area contributed by atoms with Gasteiger partial charge in [-0.25, -0.2) is 9.97 Å². The van der Waals surface area contributed by atoms with Crippen molar-refractivity contribution in [3.63, 3.8) is 0 Å². The Morgan fingerprint density at radius 1 is 0.537 bits per heavy atom. The minimum absolute atomic E-state index is 0.145. The molecule has 0 aliphatic rings. The molecule has 0 unspecified atom stereocenters. The summed E-state index contributed by atoms with van der Waals surface area (Å²) in [5, 5.41) is 7.22. The number of aromatic nitrogens is 3. The first-order valence-corrected chi connectivity index (χ1v) is 14.7. The van der Waals surface area contributed by atoms with Gasteiger partial charge in [-0.2, -0.15) is 0 Å². The van der Waals surface area contributed by atoms with E-state index in [1.807, 2.05) is 60.7 Å². The predicted molar refractivity (Wildman–Crippen MR) is 169 cm³/mol. The molecule has 0 spiro atoms. The number of hydrogen-bond donors (Lipinski definition) is 0. The molecular formula is C35H22N3O2P. The lowest BCUT2D eigenvalue weighted by Gasteiger charge is -2.22. The van der Waals surface area contributed by atoms with Crippen LogP contribution in [-0.2, 0) is 0 Å². The van der Waals surface area contributed by atoms with E-state index in [1.165, 1.54) is 0 Å². The minimum Gasteiger partial charge on any atom is -0.444 e. The van der Waals surface area contributed by atoms with Gasteiger partial charge in [0.15, 0.2) is 8.15 Å². The van der Waals surface area contributed by atoms with Crippen molar-refractivity contribution in [3.05, 3.63) is 144 Å². The molecule has 8 aromatic rings. The summed E-state index contributed by atoms with van der Waals surface area (Å²) in [6.45, 7) is 0. The summed E-state index contributed by atoms with van der Waals surface area (Å²) in [4.78, 5) is 23.8. The van der Waals surface area contributed by atoms with E-state index in [-0.39, 0.29) is 5.56 Å². The Hall–Kier alpha value is -5.12. The van der Waals surface area contributed by atoms with Gasteiger partial charge in [0.25, 0.3) is 11.4 Å². The highest BCUT2D eigenvalue weighted by Crippen LogP contribution is 2.41. The highest BCUT2D eigenvalue weighted by molar-refractivity contribution is 7.69. The summed E-state index contributed by atoms with van der Waals surface area (Å²) in [6, 6.07) is 44.4. The molecular weight excluding hydrogens is 525 g/mol. The van der Waals surface area contributed by atoms with Crippen LogP contribution < -0.4 is 20.7 Å². The lowest BCUT2D eigenvalue weighted by atomic mass is 10.1. The number of nitrogens with zero attached hydrogens (tertiary/aromatic N) is 3. The minimum atomic E-state index is -1.43. The number of rotatable bonds is 4. The van der Waals surface area contributed by atoms with Crippen LogP contribution >= 0.6 is 8.15 Å². The Kier molecular flexibility index (Phi) is 5.51. The van der Waals surface area contributed by atoms with Crippen molar-refractivity contribution in [3.8, 4) is 5.88 Å². The van der Waals surface area contributed by atoms with E-state index >= 15 is 0 Å². The van der Waals surface area contributed by atoms with Crippen molar-refractivity contribution in [1.82, 2.24) is 14.4 Å². The third-order valence-corrected chi connectivity index (χ3v) is 9.47. The molecule has 0 bridgehead atoms. The zero-order chi connectivity index (χ0) is 27.3. The monoisotopic (exact) mass is 547 g/mol. The van der Waals surface area contributed by atoms with Gasteiger partial charge in [0.05, 0.1) is 21.9 Å². The number of para-hydroxylation sites is 3. The maximum absolute atomic E-state index is 13.9. The van der Waals surface area contributed by atoms with Crippen molar-refractivity contribution >= 4 is 67.9 Å². The van der Waals surface area contributed by atoms with Crippen LogP contribution in [0.1, 0.15) is 0 Å². The molecule has 8 rings (SSSR count). The lowest BCUT2D eigenvalue weighted by Crippen LogP contribution is -2.20.